The van der Waals surface area contributed by atoms with Crippen molar-refractivity contribution in [1.29, 1.82) is 0 Å². The van der Waals surface area contributed by atoms with E-state index in [1.165, 1.54) is 11.9 Å². The summed E-state index contributed by atoms with van der Waals surface area (Å²) in [4.78, 5) is 35.8. The lowest BCUT2D eigenvalue weighted by Gasteiger charge is -2.34. The Bertz CT molecular complexity index is 360. The van der Waals surface area contributed by atoms with E-state index >= 15 is 0 Å². The number of nitrogens with one attached hydrogen (secondary N) is 2. The van der Waals surface area contributed by atoms with E-state index in [2.05, 4.69) is 10.6 Å². The topological polar surface area (TPSA) is 108 Å². The molecule has 0 aromatic heterocycles. The Balaban J connectivity index is 2.71. The van der Waals surface area contributed by atoms with Crippen molar-refractivity contribution in [3.63, 3.8) is 0 Å². The highest BCUT2D eigenvalue weighted by atomic mass is 16.5. The molecule has 0 radical (unpaired) electrons. The molecule has 1 aliphatic rings. The average molecular weight is 273 g/mol. The van der Waals surface area contributed by atoms with E-state index < -0.39 is 24.1 Å². The van der Waals surface area contributed by atoms with Crippen molar-refractivity contribution in [2.24, 2.45) is 0 Å². The third-order valence-corrected chi connectivity index (χ3v) is 2.94. The summed E-state index contributed by atoms with van der Waals surface area (Å²) in [5.41, 5.74) is 0. The van der Waals surface area contributed by atoms with Gasteiger partial charge in [-0.3, -0.25) is 4.79 Å². The summed E-state index contributed by atoms with van der Waals surface area (Å²) in [6, 6.07) is -2.25. The molecule has 0 aromatic rings. The first kappa shape index (κ1) is 15.2. The fraction of sp³-hybridized carbons (Fsp3) is 0.727. The van der Waals surface area contributed by atoms with Crippen molar-refractivity contribution >= 4 is 17.9 Å². The molecular weight excluding hydrogens is 254 g/mol. The molecule has 2 atom stereocenters. The van der Waals surface area contributed by atoms with Gasteiger partial charge in [-0.25, -0.2) is 9.59 Å². The predicted octanol–water partition coefficient (Wildman–Crippen LogP) is -0.994. The van der Waals surface area contributed by atoms with E-state index in [9.17, 15) is 14.4 Å². The first-order valence-corrected chi connectivity index (χ1v) is 6.10. The summed E-state index contributed by atoms with van der Waals surface area (Å²) in [5.74, 6) is -1.43. The van der Waals surface area contributed by atoms with Crippen LogP contribution in [-0.2, 0) is 14.3 Å². The Morgan fingerprint density at radius 2 is 2.16 bits per heavy atom. The molecule has 1 heterocycles. The molecular formula is C11H19N3O5. The molecule has 1 rings (SSSR count). The fourth-order valence-electron chi connectivity index (χ4n) is 1.80. The lowest BCUT2D eigenvalue weighted by atomic mass is 10.2. The van der Waals surface area contributed by atoms with Crippen LogP contribution >= 0.6 is 0 Å². The van der Waals surface area contributed by atoms with Crippen molar-refractivity contribution in [3.05, 3.63) is 0 Å². The van der Waals surface area contributed by atoms with Gasteiger partial charge in [-0.15, -0.1) is 0 Å². The van der Waals surface area contributed by atoms with Gasteiger partial charge in [0, 0.05) is 13.6 Å². The summed E-state index contributed by atoms with van der Waals surface area (Å²) in [6.45, 7) is 2.34. The second-order valence-electron chi connectivity index (χ2n) is 4.15. The Morgan fingerprint density at radius 3 is 2.68 bits per heavy atom. The average Bonchev–Trinajstić information content (AvgIpc) is 2.43. The van der Waals surface area contributed by atoms with Crippen molar-refractivity contribution in [2.75, 3.05) is 26.8 Å². The van der Waals surface area contributed by atoms with Crippen LogP contribution in [0, 0.1) is 0 Å². The van der Waals surface area contributed by atoms with Crippen molar-refractivity contribution in [3.8, 4) is 0 Å². The van der Waals surface area contributed by atoms with E-state index in [1.54, 1.807) is 6.92 Å². The largest absolute Gasteiger partial charge is 0.480 e. The number of hydrogen-bond acceptors (Lipinski definition) is 4. The van der Waals surface area contributed by atoms with Gasteiger partial charge < -0.3 is 25.4 Å². The van der Waals surface area contributed by atoms with Crippen LogP contribution in [0.1, 0.15) is 13.3 Å². The van der Waals surface area contributed by atoms with E-state index in [-0.39, 0.29) is 25.5 Å². The van der Waals surface area contributed by atoms with Gasteiger partial charge in [-0.1, -0.05) is 6.92 Å². The second-order valence-corrected chi connectivity index (χ2v) is 4.15. The lowest BCUT2D eigenvalue weighted by Crippen LogP contribution is -2.59. The molecule has 0 aliphatic carbocycles. The molecule has 19 heavy (non-hydrogen) atoms. The molecule has 1 saturated heterocycles. The minimum absolute atomic E-state index is 0.108. The van der Waals surface area contributed by atoms with Crippen molar-refractivity contribution in [2.45, 2.75) is 25.4 Å². The van der Waals surface area contributed by atoms with Crippen LogP contribution in [-0.4, -0.2) is 66.8 Å². The number of carbonyl (C=O) groups excluding carboxylic acids is 2. The monoisotopic (exact) mass is 273 g/mol. The number of amides is 3. The van der Waals surface area contributed by atoms with Gasteiger partial charge in [0.15, 0.2) is 0 Å². The van der Waals surface area contributed by atoms with Crippen LogP contribution in [0.5, 0.6) is 0 Å². The van der Waals surface area contributed by atoms with Gasteiger partial charge in [0.1, 0.15) is 12.1 Å². The Labute approximate surface area is 111 Å². The Morgan fingerprint density at radius 1 is 1.47 bits per heavy atom. The first-order chi connectivity index (χ1) is 9.01. The zero-order chi connectivity index (χ0) is 14.4. The summed E-state index contributed by atoms with van der Waals surface area (Å²) in [7, 11) is 1.47. The van der Waals surface area contributed by atoms with Gasteiger partial charge in [0.2, 0.25) is 5.91 Å². The van der Waals surface area contributed by atoms with Crippen LogP contribution in [0.2, 0.25) is 0 Å². The molecule has 3 N–H and O–H groups in total. The SMILES string of the molecule is CC[C@@H](NC(=O)N1CCOCC1C(=O)NC)C(=O)O. The third-order valence-electron chi connectivity index (χ3n) is 2.94. The van der Waals surface area contributed by atoms with Crippen molar-refractivity contribution < 1.29 is 24.2 Å². The smallest absolute Gasteiger partial charge is 0.326 e. The van der Waals surface area contributed by atoms with Gasteiger partial charge in [0.25, 0.3) is 0 Å². The molecule has 0 spiro atoms. The van der Waals surface area contributed by atoms with E-state index in [1.807, 2.05) is 0 Å². The van der Waals surface area contributed by atoms with Crippen LogP contribution in [0.15, 0.2) is 0 Å². The molecule has 0 aromatic carbocycles. The number of urea groups is 1. The van der Waals surface area contributed by atoms with E-state index in [4.69, 9.17) is 9.84 Å². The number of morpholine rings is 1. The minimum atomic E-state index is -1.10. The number of carbonyl (C=O) groups is 3. The molecule has 1 aliphatic heterocycles. The van der Waals surface area contributed by atoms with Crippen molar-refractivity contribution in [1.82, 2.24) is 15.5 Å². The molecule has 0 saturated carbocycles. The normalized spacial score (nSPS) is 20.5. The number of likely N-dealkylation sites (N-methyl/N-ethyl adjacent to an activating group) is 1. The quantitative estimate of drug-likeness (QED) is 0.609. The highest BCUT2D eigenvalue weighted by Gasteiger charge is 2.33. The Hall–Kier alpha value is -1.83. The maximum absolute atomic E-state index is 12.0. The first-order valence-electron chi connectivity index (χ1n) is 6.10. The fourth-order valence-corrected chi connectivity index (χ4v) is 1.80. The minimum Gasteiger partial charge on any atom is -0.480 e. The maximum atomic E-state index is 12.0. The van der Waals surface area contributed by atoms with Crippen LogP contribution in [0.25, 0.3) is 0 Å². The number of rotatable bonds is 4. The van der Waals surface area contributed by atoms with Crippen LogP contribution in [0.3, 0.4) is 0 Å². The second kappa shape index (κ2) is 6.93. The van der Waals surface area contributed by atoms with Gasteiger partial charge in [-0.05, 0) is 6.42 Å². The molecule has 0 bridgehead atoms. The molecule has 3 amide bonds. The zero-order valence-corrected chi connectivity index (χ0v) is 11.0. The molecule has 108 valence electrons. The summed E-state index contributed by atoms with van der Waals surface area (Å²) in [6.07, 6.45) is 0.274. The lowest BCUT2D eigenvalue weighted by molar-refractivity contribution is -0.139. The third kappa shape index (κ3) is 3.82. The van der Waals surface area contributed by atoms with Crippen LogP contribution in [0.4, 0.5) is 4.79 Å². The number of carboxylic acid groups (broad SMARTS) is 1. The molecule has 8 heteroatoms. The van der Waals surface area contributed by atoms with E-state index in [0.29, 0.717) is 6.61 Å². The number of aliphatic carboxylic acids is 1. The maximum Gasteiger partial charge on any atom is 0.326 e. The summed E-state index contributed by atoms with van der Waals surface area (Å²) in [5, 5.41) is 13.8. The summed E-state index contributed by atoms with van der Waals surface area (Å²) < 4.78 is 5.17. The number of nitrogens with zero attached hydrogens (tertiary/aromatic N) is 1. The Kier molecular flexibility index (Phi) is 5.56. The summed E-state index contributed by atoms with van der Waals surface area (Å²) >= 11 is 0. The van der Waals surface area contributed by atoms with Gasteiger partial charge in [0.05, 0.1) is 13.2 Å². The number of carboxylic acids is 1. The van der Waals surface area contributed by atoms with Crippen LogP contribution < -0.4 is 10.6 Å². The van der Waals surface area contributed by atoms with Gasteiger partial charge in [-0.2, -0.15) is 0 Å². The standard InChI is InChI=1S/C11H19N3O5/c1-3-7(10(16)17)13-11(18)14-4-5-19-6-8(14)9(15)12-2/h7-8H,3-6H2,1-2H3,(H,12,15)(H,13,18)(H,16,17)/t7-,8?/m1/s1. The number of ether oxygens (including phenoxy) is 1. The highest BCUT2D eigenvalue weighted by Crippen LogP contribution is 2.08. The highest BCUT2D eigenvalue weighted by molar-refractivity contribution is 5.89. The molecule has 8 nitrogen and oxygen atoms in total. The number of hydrogen-bond donors (Lipinski definition) is 3. The molecule has 1 fully saturated rings. The molecule has 1 unspecified atom stereocenters. The van der Waals surface area contributed by atoms with E-state index in [0.717, 1.165) is 0 Å². The predicted molar refractivity (Wildman–Crippen MR) is 65.6 cm³/mol. The zero-order valence-electron chi connectivity index (χ0n) is 11.0. The van der Waals surface area contributed by atoms with Gasteiger partial charge >= 0.3 is 12.0 Å².